The van der Waals surface area contributed by atoms with Gasteiger partial charge in [0.15, 0.2) is 0 Å². The van der Waals surface area contributed by atoms with E-state index in [4.69, 9.17) is 5.73 Å². The van der Waals surface area contributed by atoms with Crippen molar-refractivity contribution in [1.82, 2.24) is 14.5 Å². The Morgan fingerprint density at radius 3 is 2.45 bits per heavy atom. The van der Waals surface area contributed by atoms with E-state index in [0.29, 0.717) is 6.04 Å². The van der Waals surface area contributed by atoms with Gasteiger partial charge in [0.2, 0.25) is 0 Å². The van der Waals surface area contributed by atoms with Crippen molar-refractivity contribution < 1.29 is 0 Å². The van der Waals surface area contributed by atoms with Crippen LogP contribution in [0.25, 0.3) is 5.69 Å². The maximum Gasteiger partial charge on any atom is 0.0991 e. The molecule has 1 fully saturated rings. The van der Waals surface area contributed by atoms with Crippen LogP contribution in [-0.4, -0.2) is 34.1 Å². The molecule has 2 aromatic rings. The smallest absolute Gasteiger partial charge is 0.0991 e. The number of rotatable bonds is 6. The number of hydrogen-bond donors (Lipinski definition) is 1. The average molecular weight is 343 g/mol. The molecular weight excluding hydrogens is 319 g/mol. The molecule has 4 nitrogen and oxygen atoms in total. The molecule has 1 heterocycles. The molecule has 3 rings (SSSR count). The van der Waals surface area contributed by atoms with Crippen molar-refractivity contribution in [3.05, 3.63) is 48.5 Å². The fourth-order valence-corrected chi connectivity index (χ4v) is 2.80. The monoisotopic (exact) mass is 342 g/mol. The molecule has 6 heteroatoms. The lowest BCUT2D eigenvalue weighted by Crippen LogP contribution is -2.39. The fraction of sp³-hybridized carbons (Fsp3) is 0.438. The van der Waals surface area contributed by atoms with Crippen LogP contribution in [0.3, 0.4) is 0 Å². The number of likely N-dealkylation sites (N-methyl/N-ethyl adjacent to an activating group) is 1. The summed E-state index contributed by atoms with van der Waals surface area (Å²) < 4.78 is 2.01. The average Bonchev–Trinajstić information content (AvgIpc) is 3.14. The lowest BCUT2D eigenvalue weighted by molar-refractivity contribution is 0.215. The van der Waals surface area contributed by atoms with Crippen molar-refractivity contribution in [2.24, 2.45) is 11.7 Å². The van der Waals surface area contributed by atoms with Crippen LogP contribution in [0.15, 0.2) is 43.0 Å². The van der Waals surface area contributed by atoms with Crippen molar-refractivity contribution in [1.29, 1.82) is 0 Å². The Bertz CT molecular complexity index is 538. The summed E-state index contributed by atoms with van der Waals surface area (Å²) in [5, 5.41) is 0. The topological polar surface area (TPSA) is 47.1 Å². The van der Waals surface area contributed by atoms with E-state index in [1.165, 1.54) is 18.4 Å². The number of aromatic nitrogens is 2. The van der Waals surface area contributed by atoms with Crippen LogP contribution in [0.2, 0.25) is 0 Å². The van der Waals surface area contributed by atoms with Crippen molar-refractivity contribution in [2.75, 3.05) is 13.6 Å². The quantitative estimate of drug-likeness (QED) is 0.877. The van der Waals surface area contributed by atoms with Crippen LogP contribution in [0.4, 0.5) is 0 Å². The first-order valence-corrected chi connectivity index (χ1v) is 7.25. The van der Waals surface area contributed by atoms with E-state index in [-0.39, 0.29) is 24.8 Å². The normalized spacial score (nSPS) is 15.0. The zero-order valence-corrected chi connectivity index (χ0v) is 14.4. The van der Waals surface area contributed by atoms with Gasteiger partial charge in [0, 0.05) is 37.2 Å². The molecule has 22 heavy (non-hydrogen) atoms. The minimum atomic E-state index is 0. The van der Waals surface area contributed by atoms with E-state index < -0.39 is 0 Å². The van der Waals surface area contributed by atoms with Crippen molar-refractivity contribution in [3.8, 4) is 5.69 Å². The molecule has 1 saturated carbocycles. The first-order chi connectivity index (χ1) is 9.78. The van der Waals surface area contributed by atoms with E-state index in [2.05, 4.69) is 41.2 Å². The second kappa shape index (κ2) is 8.53. The number of hydrogen-bond acceptors (Lipinski definition) is 3. The first kappa shape index (κ1) is 19.0. The summed E-state index contributed by atoms with van der Waals surface area (Å²) in [5.74, 6) is 0.815. The Kier molecular flexibility index (Phi) is 7.36. The van der Waals surface area contributed by atoms with Gasteiger partial charge in [-0.15, -0.1) is 24.8 Å². The number of imidazole rings is 1. The highest BCUT2D eigenvalue weighted by Crippen LogP contribution is 2.34. The molecule has 2 N–H and O–H groups in total. The van der Waals surface area contributed by atoms with Gasteiger partial charge < -0.3 is 10.3 Å². The van der Waals surface area contributed by atoms with Crippen LogP contribution in [0, 0.1) is 5.92 Å². The Morgan fingerprint density at radius 2 is 1.95 bits per heavy atom. The van der Waals surface area contributed by atoms with Gasteiger partial charge >= 0.3 is 0 Å². The van der Waals surface area contributed by atoms with Crippen molar-refractivity contribution >= 4 is 24.8 Å². The van der Waals surface area contributed by atoms with Gasteiger partial charge in [0.1, 0.15) is 0 Å². The zero-order valence-electron chi connectivity index (χ0n) is 12.8. The summed E-state index contributed by atoms with van der Waals surface area (Å²) in [4.78, 5) is 6.46. The molecule has 1 aromatic heterocycles. The third-order valence-electron chi connectivity index (χ3n) is 4.14. The van der Waals surface area contributed by atoms with E-state index >= 15 is 0 Å². The largest absolute Gasteiger partial charge is 0.329 e. The van der Waals surface area contributed by atoms with E-state index in [9.17, 15) is 0 Å². The Labute approximate surface area is 144 Å². The fourth-order valence-electron chi connectivity index (χ4n) is 2.80. The van der Waals surface area contributed by atoms with Crippen LogP contribution >= 0.6 is 24.8 Å². The SMILES string of the molecule is CN(Cc1ccc(-n2ccnc2)cc1)C(CN)C1CC1.Cl.Cl. The third-order valence-corrected chi connectivity index (χ3v) is 4.14. The second-order valence-electron chi connectivity index (χ2n) is 5.69. The van der Waals surface area contributed by atoms with Gasteiger partial charge in [-0.3, -0.25) is 4.90 Å². The van der Waals surface area contributed by atoms with Gasteiger partial charge in [-0.05, 0) is 43.5 Å². The molecule has 0 saturated heterocycles. The van der Waals surface area contributed by atoms with Crippen molar-refractivity contribution in [2.45, 2.75) is 25.4 Å². The van der Waals surface area contributed by atoms with Crippen molar-refractivity contribution in [3.63, 3.8) is 0 Å². The summed E-state index contributed by atoms with van der Waals surface area (Å²) >= 11 is 0. The molecule has 0 bridgehead atoms. The number of benzene rings is 1. The standard InChI is InChI=1S/C16H22N4.2ClH/c1-19(16(10-17)14-4-5-14)11-13-2-6-15(7-3-13)20-9-8-18-12-20;;/h2-3,6-9,12,14,16H,4-5,10-11,17H2,1H3;2*1H. The van der Waals surface area contributed by atoms with Crippen LogP contribution in [0.5, 0.6) is 0 Å². The van der Waals surface area contributed by atoms with Crippen LogP contribution in [-0.2, 0) is 6.54 Å². The Balaban J connectivity index is 0.00000121. The number of nitrogens with two attached hydrogens (primary N) is 1. The van der Waals surface area contributed by atoms with Crippen LogP contribution in [0.1, 0.15) is 18.4 Å². The van der Waals surface area contributed by atoms with E-state index in [1.807, 2.05) is 17.1 Å². The third kappa shape index (κ3) is 4.46. The summed E-state index contributed by atoms with van der Waals surface area (Å²) in [6.07, 6.45) is 8.25. The molecule has 1 aliphatic carbocycles. The highest BCUT2D eigenvalue weighted by molar-refractivity contribution is 5.85. The molecule has 0 aliphatic heterocycles. The first-order valence-electron chi connectivity index (χ1n) is 7.25. The van der Waals surface area contributed by atoms with Gasteiger partial charge in [-0.1, -0.05) is 12.1 Å². The summed E-state index contributed by atoms with van der Waals surface area (Å²) in [7, 11) is 2.18. The molecule has 1 aromatic carbocycles. The maximum atomic E-state index is 5.90. The second-order valence-corrected chi connectivity index (χ2v) is 5.69. The highest BCUT2D eigenvalue weighted by Gasteiger charge is 2.32. The number of halogens is 2. The predicted octanol–water partition coefficient (Wildman–Crippen LogP) is 2.89. The maximum absolute atomic E-state index is 5.90. The number of nitrogens with zero attached hydrogens (tertiary/aromatic N) is 3. The van der Waals surface area contributed by atoms with Gasteiger partial charge in [-0.25, -0.2) is 4.98 Å². The van der Waals surface area contributed by atoms with E-state index in [0.717, 1.165) is 24.7 Å². The minimum Gasteiger partial charge on any atom is -0.329 e. The van der Waals surface area contributed by atoms with Crippen LogP contribution < -0.4 is 5.73 Å². The zero-order chi connectivity index (χ0) is 13.9. The Hall–Kier alpha value is -1.07. The molecule has 122 valence electrons. The summed E-state index contributed by atoms with van der Waals surface area (Å²) in [6, 6.07) is 9.18. The van der Waals surface area contributed by atoms with E-state index in [1.54, 1.807) is 6.20 Å². The lowest BCUT2D eigenvalue weighted by Gasteiger charge is -2.27. The minimum absolute atomic E-state index is 0. The van der Waals surface area contributed by atoms with Gasteiger partial charge in [-0.2, -0.15) is 0 Å². The van der Waals surface area contributed by atoms with Gasteiger partial charge in [0.05, 0.1) is 6.33 Å². The molecule has 0 spiro atoms. The molecule has 1 atom stereocenters. The molecule has 1 unspecified atom stereocenters. The predicted molar refractivity (Wildman–Crippen MR) is 95.1 cm³/mol. The lowest BCUT2D eigenvalue weighted by atomic mass is 10.1. The highest BCUT2D eigenvalue weighted by atomic mass is 35.5. The molecule has 1 aliphatic rings. The molecule has 0 radical (unpaired) electrons. The molecular formula is C16H24Cl2N4. The summed E-state index contributed by atoms with van der Waals surface area (Å²) in [5.41, 5.74) is 8.38. The van der Waals surface area contributed by atoms with Gasteiger partial charge in [0.25, 0.3) is 0 Å². The Morgan fingerprint density at radius 1 is 1.27 bits per heavy atom. The summed E-state index contributed by atoms with van der Waals surface area (Å²) in [6.45, 7) is 1.72. The molecule has 0 amide bonds.